The van der Waals surface area contributed by atoms with Gasteiger partial charge >= 0.3 is 8.25 Å². The van der Waals surface area contributed by atoms with E-state index in [9.17, 15) is 9.46 Å². The van der Waals surface area contributed by atoms with E-state index in [4.69, 9.17) is 4.52 Å². The van der Waals surface area contributed by atoms with Crippen molar-refractivity contribution in [3.05, 3.63) is 0 Å². The Morgan fingerprint density at radius 1 is 0.400 bits per heavy atom. The van der Waals surface area contributed by atoms with Gasteiger partial charge in [0.2, 0.25) is 0 Å². The topological polar surface area (TPSA) is 46.5 Å². The van der Waals surface area contributed by atoms with Crippen molar-refractivity contribution in [3.63, 3.8) is 0 Å². The first kappa shape index (κ1) is 40.0. The zero-order valence-electron chi connectivity index (χ0n) is 27.6. The van der Waals surface area contributed by atoms with E-state index >= 15 is 0 Å². The average molecular weight is 586 g/mol. The molecule has 0 aliphatic heterocycles. The molecule has 0 fully saturated rings. The Morgan fingerprint density at radius 3 is 0.800 bits per heavy atom. The Morgan fingerprint density at radius 2 is 0.600 bits per heavy atom. The predicted molar refractivity (Wildman–Crippen MR) is 178 cm³/mol. The molecule has 0 bridgehead atoms. The van der Waals surface area contributed by atoms with Gasteiger partial charge in [0.1, 0.15) is 6.10 Å². The number of rotatable bonds is 35. The predicted octanol–water partition coefficient (Wildman–Crippen LogP) is 13.9. The van der Waals surface area contributed by atoms with E-state index in [1.807, 2.05) is 0 Å². The van der Waals surface area contributed by atoms with Crippen LogP contribution in [0.2, 0.25) is 0 Å². The van der Waals surface area contributed by atoms with Gasteiger partial charge in [0, 0.05) is 4.57 Å². The van der Waals surface area contributed by atoms with Gasteiger partial charge in [-0.25, -0.2) is 0 Å². The van der Waals surface area contributed by atoms with E-state index < -0.39 is 8.25 Å². The Balaban J connectivity index is 3.47. The minimum atomic E-state index is -2.48. The van der Waals surface area contributed by atoms with E-state index in [1.165, 1.54) is 186 Å². The maximum absolute atomic E-state index is 11.3. The zero-order valence-corrected chi connectivity index (χ0v) is 28.5. The van der Waals surface area contributed by atoms with Crippen molar-refractivity contribution in [2.24, 2.45) is 0 Å². The van der Waals surface area contributed by atoms with Crippen LogP contribution in [0.25, 0.3) is 0 Å². The van der Waals surface area contributed by atoms with Crippen LogP contribution < -0.4 is 0 Å². The third-order valence-electron chi connectivity index (χ3n) is 8.75. The minimum absolute atomic E-state index is 0.0257. The molecule has 40 heavy (non-hydrogen) atoms. The lowest BCUT2D eigenvalue weighted by Crippen LogP contribution is -2.09. The molecule has 0 aromatic rings. The molecule has 0 aromatic heterocycles. The summed E-state index contributed by atoms with van der Waals surface area (Å²) in [6.07, 6.45) is 44.4. The summed E-state index contributed by atoms with van der Waals surface area (Å²) in [6, 6.07) is 0. The molecular weight excluding hydrogens is 511 g/mol. The van der Waals surface area contributed by atoms with Gasteiger partial charge < -0.3 is 0 Å². The van der Waals surface area contributed by atoms with Crippen LogP contribution in [0, 0.1) is 0 Å². The highest BCUT2D eigenvalue weighted by atomic mass is 31.1. The van der Waals surface area contributed by atoms with Gasteiger partial charge in [-0.1, -0.05) is 213 Å². The maximum atomic E-state index is 11.3. The van der Waals surface area contributed by atoms with Crippen molar-refractivity contribution >= 4 is 8.25 Å². The normalized spacial score (nSPS) is 12.7. The van der Waals surface area contributed by atoms with Crippen LogP contribution in [-0.4, -0.2) is 11.0 Å². The highest BCUT2D eigenvalue weighted by Crippen LogP contribution is 2.26. The fraction of sp³-hybridized carbons (Fsp3) is 1.00. The third kappa shape index (κ3) is 34.2. The summed E-state index contributed by atoms with van der Waals surface area (Å²) in [5, 5.41) is 0. The molecule has 0 radical (unpaired) electrons. The Kier molecular flexibility index (Phi) is 35.2. The smallest absolute Gasteiger partial charge is 0.133 e. The fourth-order valence-electron chi connectivity index (χ4n) is 6.04. The Bertz CT molecular complexity index is 485. The third-order valence-corrected chi connectivity index (χ3v) is 9.23. The van der Waals surface area contributed by atoms with Crippen LogP contribution in [-0.2, 0) is 9.09 Å². The molecule has 0 spiro atoms. The highest BCUT2D eigenvalue weighted by Gasteiger charge is 2.22. The quantitative estimate of drug-likeness (QED) is 0.0594. The second-order valence-electron chi connectivity index (χ2n) is 12.8. The zero-order chi connectivity index (χ0) is 29.2. The van der Waals surface area contributed by atoms with Crippen LogP contribution in [0.15, 0.2) is 0 Å². The molecule has 2 unspecified atom stereocenters. The van der Waals surface area contributed by atoms with Gasteiger partial charge in [-0.3, -0.25) is 0 Å². The molecule has 0 heterocycles. The number of unbranched alkanes of at least 4 members (excludes halogenated alkanes) is 29. The molecule has 0 aliphatic rings. The lowest BCUT2D eigenvalue weighted by atomic mass is 10.0. The molecule has 0 saturated carbocycles. The van der Waals surface area contributed by atoms with Crippen molar-refractivity contribution in [1.82, 2.24) is 0 Å². The van der Waals surface area contributed by atoms with Crippen molar-refractivity contribution in [3.8, 4) is 0 Å². The highest BCUT2D eigenvalue weighted by molar-refractivity contribution is 7.32. The fourth-order valence-corrected chi connectivity index (χ4v) is 6.51. The lowest BCUT2D eigenvalue weighted by molar-refractivity contribution is 0.162. The van der Waals surface area contributed by atoms with Crippen molar-refractivity contribution in [2.75, 3.05) is 0 Å². The molecule has 240 valence electrons. The SMILES string of the molecule is CCCCCCCCCCCCCCCCCCC(CCCCCCCCCCCCCCCCC)O[P+](=O)O. The van der Waals surface area contributed by atoms with Crippen LogP contribution in [0.1, 0.15) is 226 Å². The number of hydrogen-bond acceptors (Lipinski definition) is 2. The summed E-state index contributed by atoms with van der Waals surface area (Å²) in [4.78, 5) is 9.27. The van der Waals surface area contributed by atoms with Gasteiger partial charge in [0.15, 0.2) is 0 Å². The molecule has 0 saturated heterocycles. The molecule has 0 aromatic carbocycles. The molecule has 0 amide bonds. The average Bonchev–Trinajstić information content (AvgIpc) is 2.94. The summed E-state index contributed by atoms with van der Waals surface area (Å²) in [6.45, 7) is 4.58. The molecule has 2 atom stereocenters. The molecule has 0 aliphatic carbocycles. The van der Waals surface area contributed by atoms with Crippen molar-refractivity contribution in [1.29, 1.82) is 0 Å². The lowest BCUT2D eigenvalue weighted by Gasteiger charge is -2.10. The molecular formula is C36H74O3P+. The van der Waals surface area contributed by atoms with Gasteiger partial charge in [0.25, 0.3) is 0 Å². The summed E-state index contributed by atoms with van der Waals surface area (Å²) < 4.78 is 16.6. The van der Waals surface area contributed by atoms with Gasteiger partial charge in [-0.05, 0) is 12.8 Å². The first-order valence-electron chi connectivity index (χ1n) is 18.5. The standard InChI is InChI=1S/C36H73O3P/c1-3-5-7-9-11-13-15-17-19-21-23-25-27-29-31-33-35-36(39-40(37)38)34-32-30-28-26-24-22-20-18-16-14-12-10-8-6-4-2/h36H,3-35H2,1-2H3/p+1. The second-order valence-corrected chi connectivity index (χ2v) is 13.5. The molecule has 1 N–H and O–H groups in total. The molecule has 0 rings (SSSR count). The summed E-state index contributed by atoms with van der Waals surface area (Å²) >= 11 is 0. The Labute approximate surface area is 253 Å². The summed E-state index contributed by atoms with van der Waals surface area (Å²) in [5.74, 6) is 0. The van der Waals surface area contributed by atoms with E-state index in [0.717, 1.165) is 25.7 Å². The maximum Gasteiger partial charge on any atom is 0.694 e. The second kappa shape index (κ2) is 35.2. The van der Waals surface area contributed by atoms with Crippen LogP contribution in [0.3, 0.4) is 0 Å². The summed E-state index contributed by atoms with van der Waals surface area (Å²) in [7, 11) is -2.48. The molecule has 3 nitrogen and oxygen atoms in total. The van der Waals surface area contributed by atoms with Crippen LogP contribution in [0.5, 0.6) is 0 Å². The largest absolute Gasteiger partial charge is 0.694 e. The first-order valence-corrected chi connectivity index (χ1v) is 19.7. The van der Waals surface area contributed by atoms with Crippen LogP contribution >= 0.6 is 8.25 Å². The van der Waals surface area contributed by atoms with E-state index in [-0.39, 0.29) is 6.10 Å². The van der Waals surface area contributed by atoms with E-state index in [1.54, 1.807) is 0 Å². The van der Waals surface area contributed by atoms with Gasteiger partial charge in [-0.2, -0.15) is 0 Å². The van der Waals surface area contributed by atoms with Crippen molar-refractivity contribution < 1.29 is 14.0 Å². The van der Waals surface area contributed by atoms with E-state index in [2.05, 4.69) is 13.8 Å². The van der Waals surface area contributed by atoms with Gasteiger partial charge in [-0.15, -0.1) is 9.42 Å². The first-order chi connectivity index (χ1) is 19.7. The van der Waals surface area contributed by atoms with Crippen molar-refractivity contribution in [2.45, 2.75) is 232 Å². The molecule has 4 heteroatoms. The van der Waals surface area contributed by atoms with Gasteiger partial charge in [0.05, 0.1) is 0 Å². The van der Waals surface area contributed by atoms with Crippen LogP contribution in [0.4, 0.5) is 0 Å². The summed E-state index contributed by atoms with van der Waals surface area (Å²) in [5.41, 5.74) is 0. The monoisotopic (exact) mass is 586 g/mol. The number of hydrogen-bond donors (Lipinski definition) is 1. The minimum Gasteiger partial charge on any atom is -0.133 e. The van der Waals surface area contributed by atoms with E-state index in [0.29, 0.717) is 0 Å². The Hall–Kier alpha value is 0.0200.